The maximum absolute atomic E-state index is 13.2. The lowest BCUT2D eigenvalue weighted by atomic mass is 10.1. The predicted molar refractivity (Wildman–Crippen MR) is 108 cm³/mol. The van der Waals surface area contributed by atoms with E-state index in [4.69, 9.17) is 0 Å². The molecule has 0 aromatic heterocycles. The summed E-state index contributed by atoms with van der Waals surface area (Å²) in [4.78, 5) is 29.4. The van der Waals surface area contributed by atoms with Gasteiger partial charge in [0.15, 0.2) is 0 Å². The zero-order valence-electron chi connectivity index (χ0n) is 16.4. The Balaban J connectivity index is 1.72. The fourth-order valence-corrected chi connectivity index (χ4v) is 3.56. The monoisotopic (exact) mass is 364 g/mol. The second kappa shape index (κ2) is 8.38. The van der Waals surface area contributed by atoms with Crippen LogP contribution in [0.25, 0.3) is 0 Å². The molecular formula is C23H28N2O2. The first-order valence-corrected chi connectivity index (χ1v) is 9.73. The average Bonchev–Trinajstić information content (AvgIpc) is 3.08. The molecule has 4 heteroatoms. The summed E-state index contributed by atoms with van der Waals surface area (Å²) in [5.74, 6) is -0.189. The molecule has 1 aliphatic rings. The number of carbonyl (C=O) groups is 2. The van der Waals surface area contributed by atoms with E-state index >= 15 is 0 Å². The van der Waals surface area contributed by atoms with Gasteiger partial charge in [-0.1, -0.05) is 49.4 Å². The quantitative estimate of drug-likeness (QED) is 0.776. The van der Waals surface area contributed by atoms with Crippen molar-refractivity contribution in [3.63, 3.8) is 0 Å². The van der Waals surface area contributed by atoms with Crippen molar-refractivity contribution in [3.05, 3.63) is 65.7 Å². The van der Waals surface area contributed by atoms with Crippen LogP contribution < -0.4 is 4.90 Å². The Hall–Kier alpha value is -2.62. The lowest BCUT2D eigenvalue weighted by Crippen LogP contribution is -2.41. The molecule has 0 aliphatic carbocycles. The van der Waals surface area contributed by atoms with Crippen molar-refractivity contribution in [2.24, 2.45) is 5.92 Å². The number of rotatable bonds is 6. The zero-order valence-corrected chi connectivity index (χ0v) is 16.4. The minimum absolute atomic E-state index is 0.0287. The van der Waals surface area contributed by atoms with E-state index in [0.29, 0.717) is 13.1 Å². The third kappa shape index (κ3) is 4.38. The fraction of sp³-hybridized carbons (Fsp3) is 0.391. The smallest absolute Gasteiger partial charge is 0.228 e. The number of nitrogens with zero attached hydrogens (tertiary/aromatic N) is 2. The number of hydrogen-bond acceptors (Lipinski definition) is 2. The van der Waals surface area contributed by atoms with Crippen LogP contribution in [-0.2, 0) is 22.6 Å². The molecule has 0 spiro atoms. The maximum Gasteiger partial charge on any atom is 0.228 e. The van der Waals surface area contributed by atoms with Crippen LogP contribution in [0.1, 0.15) is 38.3 Å². The van der Waals surface area contributed by atoms with Gasteiger partial charge in [0.25, 0.3) is 0 Å². The van der Waals surface area contributed by atoms with Gasteiger partial charge in [0.05, 0.1) is 5.92 Å². The second-order valence-corrected chi connectivity index (χ2v) is 7.47. The van der Waals surface area contributed by atoms with E-state index in [2.05, 4.69) is 6.92 Å². The van der Waals surface area contributed by atoms with Gasteiger partial charge in [0.1, 0.15) is 0 Å². The van der Waals surface area contributed by atoms with Crippen molar-refractivity contribution >= 4 is 17.5 Å². The molecule has 0 bridgehead atoms. The average molecular weight is 364 g/mol. The van der Waals surface area contributed by atoms with E-state index in [1.54, 1.807) is 4.90 Å². The third-order valence-electron chi connectivity index (χ3n) is 5.23. The van der Waals surface area contributed by atoms with Gasteiger partial charge in [0, 0.05) is 31.2 Å². The number of carbonyl (C=O) groups excluding carboxylic acids is 2. The molecule has 1 unspecified atom stereocenters. The van der Waals surface area contributed by atoms with Gasteiger partial charge in [-0.2, -0.15) is 0 Å². The highest BCUT2D eigenvalue weighted by atomic mass is 16.2. The zero-order chi connectivity index (χ0) is 19.4. The minimum Gasteiger partial charge on any atom is -0.336 e. The first-order chi connectivity index (χ1) is 13.0. The van der Waals surface area contributed by atoms with Crippen LogP contribution in [0.5, 0.6) is 0 Å². The molecule has 1 saturated heterocycles. The van der Waals surface area contributed by atoms with Crippen LogP contribution in [0, 0.1) is 5.92 Å². The van der Waals surface area contributed by atoms with E-state index < -0.39 is 0 Å². The first-order valence-electron chi connectivity index (χ1n) is 9.73. The molecule has 1 heterocycles. The highest BCUT2D eigenvalue weighted by molar-refractivity contribution is 6.00. The SMILES string of the molecule is CCc1ccc(N2CC(C(=O)N(Cc3ccccc3)C(C)C)CC2=O)cc1. The van der Waals surface area contributed by atoms with Crippen LogP contribution in [-0.4, -0.2) is 29.3 Å². The molecule has 1 aliphatic heterocycles. The molecule has 0 radical (unpaired) electrons. The summed E-state index contributed by atoms with van der Waals surface area (Å²) < 4.78 is 0. The standard InChI is InChI=1S/C23H28N2O2/c1-4-18-10-12-21(13-11-18)25-16-20(14-22(25)26)23(27)24(17(2)3)15-19-8-6-5-7-9-19/h5-13,17,20H,4,14-16H2,1-3H3. The van der Waals surface area contributed by atoms with E-state index in [0.717, 1.165) is 17.7 Å². The molecule has 0 saturated carbocycles. The Bertz CT molecular complexity index is 784. The van der Waals surface area contributed by atoms with Crippen LogP contribution in [0.3, 0.4) is 0 Å². The normalized spacial score (nSPS) is 16.8. The number of amides is 2. The van der Waals surface area contributed by atoms with Crippen molar-refractivity contribution in [3.8, 4) is 0 Å². The van der Waals surface area contributed by atoms with Crippen molar-refractivity contribution in [1.82, 2.24) is 4.90 Å². The van der Waals surface area contributed by atoms with Gasteiger partial charge < -0.3 is 9.80 Å². The Morgan fingerprint density at radius 1 is 1.07 bits per heavy atom. The number of anilines is 1. The predicted octanol–water partition coefficient (Wildman–Crippen LogP) is 4.04. The molecular weight excluding hydrogens is 336 g/mol. The molecule has 2 amide bonds. The minimum atomic E-state index is -0.283. The molecule has 1 atom stereocenters. The van der Waals surface area contributed by atoms with Gasteiger partial charge in [-0.15, -0.1) is 0 Å². The second-order valence-electron chi connectivity index (χ2n) is 7.47. The topological polar surface area (TPSA) is 40.6 Å². The number of benzene rings is 2. The summed E-state index contributed by atoms with van der Waals surface area (Å²) in [6.45, 7) is 7.20. The third-order valence-corrected chi connectivity index (χ3v) is 5.23. The summed E-state index contributed by atoms with van der Waals surface area (Å²) in [5, 5.41) is 0. The van der Waals surface area contributed by atoms with Crippen LogP contribution >= 0.6 is 0 Å². The Morgan fingerprint density at radius 2 is 1.74 bits per heavy atom. The fourth-order valence-electron chi connectivity index (χ4n) is 3.56. The highest BCUT2D eigenvalue weighted by Gasteiger charge is 2.37. The number of hydrogen-bond donors (Lipinski definition) is 0. The Labute approximate surface area is 161 Å². The van der Waals surface area contributed by atoms with Crippen molar-refractivity contribution in [2.75, 3.05) is 11.4 Å². The lowest BCUT2D eigenvalue weighted by Gasteiger charge is -2.29. The maximum atomic E-state index is 13.2. The molecule has 0 N–H and O–H groups in total. The molecule has 4 nitrogen and oxygen atoms in total. The van der Waals surface area contributed by atoms with Crippen LogP contribution in [0.2, 0.25) is 0 Å². The molecule has 27 heavy (non-hydrogen) atoms. The van der Waals surface area contributed by atoms with Crippen LogP contribution in [0.4, 0.5) is 5.69 Å². The molecule has 142 valence electrons. The van der Waals surface area contributed by atoms with Gasteiger partial charge >= 0.3 is 0 Å². The van der Waals surface area contributed by atoms with Gasteiger partial charge in [0.2, 0.25) is 11.8 Å². The largest absolute Gasteiger partial charge is 0.336 e. The Kier molecular flexibility index (Phi) is 5.94. The summed E-state index contributed by atoms with van der Waals surface area (Å²) in [6, 6.07) is 18.2. The summed E-state index contributed by atoms with van der Waals surface area (Å²) in [5.41, 5.74) is 3.23. The molecule has 2 aromatic carbocycles. The summed E-state index contributed by atoms with van der Waals surface area (Å²) >= 11 is 0. The van der Waals surface area contributed by atoms with Gasteiger partial charge in [-0.25, -0.2) is 0 Å². The number of aryl methyl sites for hydroxylation is 1. The highest BCUT2D eigenvalue weighted by Crippen LogP contribution is 2.27. The van der Waals surface area contributed by atoms with Crippen molar-refractivity contribution in [2.45, 2.75) is 46.2 Å². The first kappa shape index (κ1) is 19.2. The summed E-state index contributed by atoms with van der Waals surface area (Å²) in [6.07, 6.45) is 1.25. The van der Waals surface area contributed by atoms with Gasteiger partial charge in [-0.3, -0.25) is 9.59 Å². The van der Waals surface area contributed by atoms with E-state index in [1.807, 2.05) is 73.3 Å². The van der Waals surface area contributed by atoms with Crippen molar-refractivity contribution in [1.29, 1.82) is 0 Å². The van der Waals surface area contributed by atoms with E-state index in [-0.39, 0.29) is 30.2 Å². The van der Waals surface area contributed by atoms with Crippen molar-refractivity contribution < 1.29 is 9.59 Å². The molecule has 3 rings (SSSR count). The molecule has 2 aromatic rings. The van der Waals surface area contributed by atoms with Crippen LogP contribution in [0.15, 0.2) is 54.6 Å². The van der Waals surface area contributed by atoms with E-state index in [9.17, 15) is 9.59 Å². The Morgan fingerprint density at radius 3 is 2.33 bits per heavy atom. The molecule has 1 fully saturated rings. The summed E-state index contributed by atoms with van der Waals surface area (Å²) in [7, 11) is 0. The van der Waals surface area contributed by atoms with Gasteiger partial charge in [-0.05, 0) is 43.5 Å². The lowest BCUT2D eigenvalue weighted by molar-refractivity contribution is -0.138. The van der Waals surface area contributed by atoms with E-state index in [1.165, 1.54) is 5.56 Å².